The highest BCUT2D eigenvalue weighted by Crippen LogP contribution is 2.57. The first-order chi connectivity index (χ1) is 11.7. The summed E-state index contributed by atoms with van der Waals surface area (Å²) in [6.45, 7) is 6.06. The molecule has 0 spiro atoms. The number of nitrogens with zero attached hydrogens (tertiary/aromatic N) is 1. The summed E-state index contributed by atoms with van der Waals surface area (Å²) < 4.78 is 12.1. The Balaban J connectivity index is 1.56. The first-order valence-electron chi connectivity index (χ1n) is 10.1. The molecule has 0 amide bonds. The van der Waals surface area contributed by atoms with Crippen molar-refractivity contribution in [2.24, 2.45) is 16.3 Å². The van der Waals surface area contributed by atoms with Gasteiger partial charge in [0.2, 0.25) is 0 Å². The molecule has 3 saturated carbocycles. The van der Waals surface area contributed by atoms with Crippen molar-refractivity contribution in [1.82, 2.24) is 10.6 Å². The SMILES string of the molecule is CCNC(=NCC1(C2CC2)CCC1)NC1CCCC(S(=O)CC)C1. The van der Waals surface area contributed by atoms with E-state index in [1.54, 1.807) is 0 Å². The van der Waals surface area contributed by atoms with Crippen molar-refractivity contribution in [1.29, 1.82) is 0 Å². The summed E-state index contributed by atoms with van der Waals surface area (Å²) in [6, 6.07) is 0.426. The molecule has 3 fully saturated rings. The summed E-state index contributed by atoms with van der Waals surface area (Å²) in [6.07, 6.45) is 11.5. The molecule has 3 aliphatic rings. The van der Waals surface area contributed by atoms with Crippen LogP contribution in [0.5, 0.6) is 0 Å². The van der Waals surface area contributed by atoms with E-state index in [1.807, 2.05) is 6.92 Å². The minimum Gasteiger partial charge on any atom is -0.357 e. The Bertz CT molecular complexity index is 471. The molecule has 5 heteroatoms. The molecule has 4 nitrogen and oxygen atoms in total. The third-order valence-electron chi connectivity index (χ3n) is 6.31. The third kappa shape index (κ3) is 4.33. The van der Waals surface area contributed by atoms with Crippen LogP contribution < -0.4 is 10.6 Å². The fourth-order valence-corrected chi connectivity index (χ4v) is 5.87. The molecule has 0 aromatic carbocycles. The minimum atomic E-state index is -0.661. The van der Waals surface area contributed by atoms with Crippen molar-refractivity contribution in [3.05, 3.63) is 0 Å². The maximum Gasteiger partial charge on any atom is 0.191 e. The largest absolute Gasteiger partial charge is 0.357 e. The van der Waals surface area contributed by atoms with Gasteiger partial charge in [0.15, 0.2) is 5.96 Å². The number of rotatable bonds is 7. The van der Waals surface area contributed by atoms with E-state index in [9.17, 15) is 4.21 Å². The summed E-state index contributed by atoms with van der Waals surface area (Å²) in [4.78, 5) is 4.97. The van der Waals surface area contributed by atoms with Gasteiger partial charge in [0.1, 0.15) is 0 Å². The topological polar surface area (TPSA) is 53.5 Å². The molecular weight excluding hydrogens is 318 g/mol. The summed E-state index contributed by atoms with van der Waals surface area (Å²) in [7, 11) is -0.661. The fourth-order valence-electron chi connectivity index (χ4n) is 4.52. The van der Waals surface area contributed by atoms with Gasteiger partial charge in [0.05, 0.1) is 0 Å². The Morgan fingerprint density at radius 3 is 2.54 bits per heavy atom. The smallest absolute Gasteiger partial charge is 0.191 e. The van der Waals surface area contributed by atoms with Gasteiger partial charge in [-0.2, -0.15) is 0 Å². The third-order valence-corrected chi connectivity index (χ3v) is 8.05. The quantitative estimate of drug-likeness (QED) is 0.546. The van der Waals surface area contributed by atoms with E-state index in [2.05, 4.69) is 17.6 Å². The molecule has 24 heavy (non-hydrogen) atoms. The zero-order chi connectivity index (χ0) is 17.0. The van der Waals surface area contributed by atoms with Gasteiger partial charge in [0.25, 0.3) is 0 Å². The predicted molar refractivity (Wildman–Crippen MR) is 103 cm³/mol. The summed E-state index contributed by atoms with van der Waals surface area (Å²) in [5.41, 5.74) is 0.529. The number of aliphatic imine (C=N–C) groups is 1. The molecule has 3 aliphatic carbocycles. The first kappa shape index (κ1) is 18.2. The Kier molecular flexibility index (Phi) is 6.22. The molecule has 3 unspecified atom stereocenters. The van der Waals surface area contributed by atoms with Gasteiger partial charge in [0, 0.05) is 40.9 Å². The molecule has 3 atom stereocenters. The van der Waals surface area contributed by atoms with Crippen LogP contribution in [0.4, 0.5) is 0 Å². The first-order valence-corrected chi connectivity index (χ1v) is 11.5. The molecule has 138 valence electrons. The second kappa shape index (κ2) is 8.20. The Hall–Kier alpha value is -0.580. The van der Waals surface area contributed by atoms with Gasteiger partial charge in [-0.1, -0.05) is 19.8 Å². The van der Waals surface area contributed by atoms with Crippen LogP contribution in [-0.4, -0.2) is 40.3 Å². The Labute approximate surface area is 150 Å². The van der Waals surface area contributed by atoms with E-state index in [-0.39, 0.29) is 0 Å². The van der Waals surface area contributed by atoms with Crippen LogP contribution in [0.25, 0.3) is 0 Å². The lowest BCUT2D eigenvalue weighted by atomic mass is 9.65. The molecule has 0 aromatic rings. The lowest BCUT2D eigenvalue weighted by Gasteiger charge is -2.41. The summed E-state index contributed by atoms with van der Waals surface area (Å²) >= 11 is 0. The standard InChI is InChI=1S/C19H35N3OS/c1-3-20-18(21-14-19(11-6-12-19)15-9-10-15)22-16-7-5-8-17(13-16)24(23)4-2/h15-17H,3-14H2,1-2H3,(H2,20,21,22). The zero-order valence-electron chi connectivity index (χ0n) is 15.5. The Morgan fingerprint density at radius 2 is 1.96 bits per heavy atom. The lowest BCUT2D eigenvalue weighted by molar-refractivity contribution is 0.113. The molecule has 0 radical (unpaired) electrons. The van der Waals surface area contributed by atoms with Crippen molar-refractivity contribution < 1.29 is 4.21 Å². The van der Waals surface area contributed by atoms with Crippen molar-refractivity contribution >= 4 is 16.8 Å². The van der Waals surface area contributed by atoms with E-state index < -0.39 is 10.8 Å². The van der Waals surface area contributed by atoms with Gasteiger partial charge >= 0.3 is 0 Å². The van der Waals surface area contributed by atoms with Gasteiger partial charge in [-0.25, -0.2) is 0 Å². The predicted octanol–water partition coefficient (Wildman–Crippen LogP) is 3.20. The van der Waals surface area contributed by atoms with Gasteiger partial charge < -0.3 is 10.6 Å². The average Bonchev–Trinajstić information content (AvgIpc) is 3.39. The molecular formula is C19H35N3OS. The second-order valence-electron chi connectivity index (χ2n) is 7.98. The van der Waals surface area contributed by atoms with Crippen LogP contribution in [0, 0.1) is 11.3 Å². The zero-order valence-corrected chi connectivity index (χ0v) is 16.3. The average molecular weight is 354 g/mol. The van der Waals surface area contributed by atoms with E-state index in [4.69, 9.17) is 4.99 Å². The molecule has 0 bridgehead atoms. The summed E-state index contributed by atoms with van der Waals surface area (Å²) in [5, 5.41) is 7.45. The van der Waals surface area contributed by atoms with Gasteiger partial charge in [-0.05, 0) is 63.2 Å². The van der Waals surface area contributed by atoms with Crippen LogP contribution >= 0.6 is 0 Å². The highest BCUT2D eigenvalue weighted by atomic mass is 32.2. The van der Waals surface area contributed by atoms with Crippen LogP contribution in [0.3, 0.4) is 0 Å². The monoisotopic (exact) mass is 353 g/mol. The number of hydrogen-bond acceptors (Lipinski definition) is 2. The Morgan fingerprint density at radius 1 is 1.17 bits per heavy atom. The molecule has 2 N–H and O–H groups in total. The molecule has 0 aliphatic heterocycles. The van der Waals surface area contributed by atoms with E-state index >= 15 is 0 Å². The minimum absolute atomic E-state index is 0.369. The second-order valence-corrected chi connectivity index (χ2v) is 9.99. The molecule has 0 saturated heterocycles. The van der Waals surface area contributed by atoms with Crippen LogP contribution in [0.2, 0.25) is 0 Å². The fraction of sp³-hybridized carbons (Fsp3) is 0.947. The lowest BCUT2D eigenvalue weighted by Crippen LogP contribution is -2.47. The highest BCUT2D eigenvalue weighted by Gasteiger charge is 2.48. The molecule has 3 rings (SSSR count). The normalized spacial score (nSPS) is 31.2. The van der Waals surface area contributed by atoms with E-state index in [0.717, 1.165) is 43.6 Å². The number of nitrogens with one attached hydrogen (secondary N) is 2. The van der Waals surface area contributed by atoms with Crippen LogP contribution in [0.15, 0.2) is 4.99 Å². The number of hydrogen-bond donors (Lipinski definition) is 2. The van der Waals surface area contributed by atoms with Crippen molar-refractivity contribution in [2.75, 3.05) is 18.8 Å². The van der Waals surface area contributed by atoms with Crippen LogP contribution in [-0.2, 0) is 10.8 Å². The van der Waals surface area contributed by atoms with Crippen molar-refractivity contribution in [3.63, 3.8) is 0 Å². The number of guanidine groups is 1. The summed E-state index contributed by atoms with van der Waals surface area (Å²) in [5.74, 6) is 2.72. The maximum absolute atomic E-state index is 12.1. The maximum atomic E-state index is 12.1. The van der Waals surface area contributed by atoms with E-state index in [0.29, 0.717) is 16.7 Å². The molecule has 0 heterocycles. The van der Waals surface area contributed by atoms with E-state index in [1.165, 1.54) is 44.9 Å². The van der Waals surface area contributed by atoms with Gasteiger partial charge in [-0.3, -0.25) is 9.20 Å². The van der Waals surface area contributed by atoms with Crippen molar-refractivity contribution in [2.45, 2.75) is 82.9 Å². The van der Waals surface area contributed by atoms with Crippen molar-refractivity contribution in [3.8, 4) is 0 Å². The van der Waals surface area contributed by atoms with Crippen LogP contribution in [0.1, 0.15) is 71.6 Å². The molecule has 0 aromatic heterocycles. The van der Waals surface area contributed by atoms with Gasteiger partial charge in [-0.15, -0.1) is 0 Å². The highest BCUT2D eigenvalue weighted by molar-refractivity contribution is 7.85.